The van der Waals surface area contributed by atoms with Gasteiger partial charge in [0.25, 0.3) is 0 Å². The van der Waals surface area contributed by atoms with Gasteiger partial charge >= 0.3 is 0 Å². The predicted molar refractivity (Wildman–Crippen MR) is 39.9 cm³/mol. The second-order valence-corrected chi connectivity index (χ2v) is 5.58. The Kier molecular flexibility index (Phi) is 1.56. The standard InChI is InChI=1S/C6H13NO2S/c1-5-3-6(2,4-5)10(7,8)9/h5H,3-4H2,1-2H3,(H2,7,8,9). The Labute approximate surface area is 61.7 Å². The van der Waals surface area contributed by atoms with Gasteiger partial charge in [-0.25, -0.2) is 13.6 Å². The van der Waals surface area contributed by atoms with Crippen LogP contribution < -0.4 is 5.14 Å². The molecule has 0 atom stereocenters. The van der Waals surface area contributed by atoms with Crippen LogP contribution in [0.25, 0.3) is 0 Å². The van der Waals surface area contributed by atoms with E-state index >= 15 is 0 Å². The first-order valence-corrected chi connectivity index (χ1v) is 4.92. The number of nitrogens with two attached hydrogens (primary N) is 1. The van der Waals surface area contributed by atoms with E-state index in [1.165, 1.54) is 0 Å². The maximum atomic E-state index is 10.9. The lowest BCUT2D eigenvalue weighted by Crippen LogP contribution is -2.50. The van der Waals surface area contributed by atoms with Crippen LogP contribution in [0, 0.1) is 5.92 Å². The highest BCUT2D eigenvalue weighted by Gasteiger charge is 2.46. The fourth-order valence-corrected chi connectivity index (χ4v) is 2.68. The Balaban J connectivity index is 2.76. The summed E-state index contributed by atoms with van der Waals surface area (Å²) in [6.07, 6.45) is 1.43. The molecule has 10 heavy (non-hydrogen) atoms. The molecule has 0 heterocycles. The van der Waals surface area contributed by atoms with Crippen molar-refractivity contribution in [3.8, 4) is 0 Å². The molecule has 2 N–H and O–H groups in total. The van der Waals surface area contributed by atoms with E-state index in [2.05, 4.69) is 0 Å². The second-order valence-electron chi connectivity index (χ2n) is 3.51. The smallest absolute Gasteiger partial charge is 0.214 e. The zero-order valence-corrected chi connectivity index (χ0v) is 7.11. The summed E-state index contributed by atoms with van der Waals surface area (Å²) in [7, 11) is -3.30. The molecule has 0 radical (unpaired) electrons. The summed E-state index contributed by atoms with van der Waals surface area (Å²) in [4.78, 5) is 0. The molecule has 0 saturated heterocycles. The molecular weight excluding hydrogens is 150 g/mol. The quantitative estimate of drug-likeness (QED) is 0.610. The van der Waals surface area contributed by atoms with Crippen LogP contribution in [0.15, 0.2) is 0 Å². The lowest BCUT2D eigenvalue weighted by Gasteiger charge is -2.41. The average Bonchev–Trinajstić information content (AvgIpc) is 1.58. The van der Waals surface area contributed by atoms with Gasteiger partial charge < -0.3 is 0 Å². The Hall–Kier alpha value is -0.0900. The molecule has 0 aromatic rings. The van der Waals surface area contributed by atoms with Gasteiger partial charge in [0.2, 0.25) is 10.0 Å². The highest BCUT2D eigenvalue weighted by molar-refractivity contribution is 7.90. The first-order chi connectivity index (χ1) is 4.35. The second kappa shape index (κ2) is 1.95. The fraction of sp³-hybridized carbons (Fsp3) is 1.00. The van der Waals surface area contributed by atoms with E-state index < -0.39 is 14.8 Å². The van der Waals surface area contributed by atoms with Crippen LogP contribution in [-0.2, 0) is 10.0 Å². The Morgan fingerprint density at radius 3 is 2.00 bits per heavy atom. The van der Waals surface area contributed by atoms with Crippen LogP contribution in [0.5, 0.6) is 0 Å². The third-order valence-electron chi connectivity index (χ3n) is 2.25. The van der Waals surface area contributed by atoms with E-state index in [0.29, 0.717) is 18.8 Å². The van der Waals surface area contributed by atoms with Crippen LogP contribution >= 0.6 is 0 Å². The van der Waals surface area contributed by atoms with Crippen molar-refractivity contribution in [3.63, 3.8) is 0 Å². The number of primary sulfonamides is 1. The lowest BCUT2D eigenvalue weighted by molar-refractivity contribution is 0.254. The van der Waals surface area contributed by atoms with Gasteiger partial charge in [-0.2, -0.15) is 0 Å². The minimum atomic E-state index is -3.30. The van der Waals surface area contributed by atoms with Crippen molar-refractivity contribution in [2.24, 2.45) is 11.1 Å². The van der Waals surface area contributed by atoms with Gasteiger partial charge in [-0.1, -0.05) is 6.92 Å². The van der Waals surface area contributed by atoms with E-state index in [0.717, 1.165) is 0 Å². The third-order valence-corrected chi connectivity index (χ3v) is 3.95. The summed E-state index contributed by atoms with van der Waals surface area (Å²) in [5, 5.41) is 5.01. The maximum Gasteiger partial charge on any atom is 0.214 e. The minimum absolute atomic E-state index is 0.517. The van der Waals surface area contributed by atoms with Crippen molar-refractivity contribution in [1.82, 2.24) is 0 Å². The van der Waals surface area contributed by atoms with Gasteiger partial charge in [0.15, 0.2) is 0 Å². The van der Waals surface area contributed by atoms with Crippen molar-refractivity contribution in [2.45, 2.75) is 31.4 Å². The van der Waals surface area contributed by atoms with Gasteiger partial charge in [0.1, 0.15) is 0 Å². The highest BCUT2D eigenvalue weighted by atomic mass is 32.2. The molecule has 1 aliphatic rings. The molecule has 0 aromatic carbocycles. The number of hydrogen-bond donors (Lipinski definition) is 1. The SMILES string of the molecule is CC1CC(C)(S(N)(=O)=O)C1. The summed E-state index contributed by atoms with van der Waals surface area (Å²) in [6.45, 7) is 3.75. The molecular formula is C6H13NO2S. The Morgan fingerprint density at radius 2 is 1.90 bits per heavy atom. The van der Waals surface area contributed by atoms with E-state index in [1.807, 2.05) is 6.92 Å². The average molecular weight is 163 g/mol. The monoisotopic (exact) mass is 163 g/mol. The van der Waals surface area contributed by atoms with E-state index in [9.17, 15) is 8.42 Å². The largest absolute Gasteiger partial charge is 0.228 e. The summed E-state index contributed by atoms with van der Waals surface area (Å²) in [6, 6.07) is 0. The molecule has 0 aliphatic heterocycles. The van der Waals surface area contributed by atoms with Gasteiger partial charge in [-0.05, 0) is 25.7 Å². The van der Waals surface area contributed by atoms with Crippen molar-refractivity contribution in [1.29, 1.82) is 0 Å². The van der Waals surface area contributed by atoms with Crippen LogP contribution in [0.2, 0.25) is 0 Å². The predicted octanol–water partition coefficient (Wildman–Crippen LogP) is 0.464. The number of rotatable bonds is 1. The normalized spacial score (nSPS) is 40.9. The van der Waals surface area contributed by atoms with Crippen molar-refractivity contribution < 1.29 is 8.42 Å². The minimum Gasteiger partial charge on any atom is -0.228 e. The lowest BCUT2D eigenvalue weighted by atomic mass is 9.76. The van der Waals surface area contributed by atoms with Crippen LogP contribution in [-0.4, -0.2) is 13.2 Å². The van der Waals surface area contributed by atoms with Gasteiger partial charge in [-0.15, -0.1) is 0 Å². The molecule has 1 fully saturated rings. The molecule has 0 aromatic heterocycles. The number of sulfonamides is 1. The molecule has 3 nitrogen and oxygen atoms in total. The first kappa shape index (κ1) is 8.01. The third kappa shape index (κ3) is 1.06. The van der Waals surface area contributed by atoms with Gasteiger partial charge in [-0.3, -0.25) is 0 Å². The van der Waals surface area contributed by atoms with Crippen molar-refractivity contribution in [3.05, 3.63) is 0 Å². The molecule has 4 heteroatoms. The van der Waals surface area contributed by atoms with Gasteiger partial charge in [0.05, 0.1) is 4.75 Å². The highest BCUT2D eigenvalue weighted by Crippen LogP contribution is 2.41. The molecule has 0 bridgehead atoms. The summed E-state index contributed by atoms with van der Waals surface area (Å²) < 4.78 is 21.1. The fourth-order valence-electron chi connectivity index (χ4n) is 1.65. The Morgan fingerprint density at radius 1 is 1.50 bits per heavy atom. The topological polar surface area (TPSA) is 60.2 Å². The maximum absolute atomic E-state index is 10.9. The van der Waals surface area contributed by atoms with Crippen LogP contribution in [0.4, 0.5) is 0 Å². The molecule has 60 valence electrons. The zero-order chi connectivity index (χ0) is 7.99. The van der Waals surface area contributed by atoms with E-state index in [-0.39, 0.29) is 0 Å². The Bertz CT molecular complexity index is 226. The van der Waals surface area contributed by atoms with Crippen LogP contribution in [0.3, 0.4) is 0 Å². The summed E-state index contributed by atoms with van der Waals surface area (Å²) in [5.41, 5.74) is 0. The molecule has 0 spiro atoms. The van der Waals surface area contributed by atoms with Crippen molar-refractivity contribution in [2.75, 3.05) is 0 Å². The summed E-state index contributed by atoms with van der Waals surface area (Å²) >= 11 is 0. The van der Waals surface area contributed by atoms with E-state index in [4.69, 9.17) is 5.14 Å². The van der Waals surface area contributed by atoms with Crippen LogP contribution in [0.1, 0.15) is 26.7 Å². The van der Waals surface area contributed by atoms with Gasteiger partial charge in [0, 0.05) is 0 Å². The van der Waals surface area contributed by atoms with E-state index in [1.54, 1.807) is 6.92 Å². The first-order valence-electron chi connectivity index (χ1n) is 3.37. The molecule has 0 unspecified atom stereocenters. The summed E-state index contributed by atoms with van der Waals surface area (Å²) in [5.74, 6) is 0.517. The number of hydrogen-bond acceptors (Lipinski definition) is 2. The molecule has 1 aliphatic carbocycles. The molecule has 0 amide bonds. The zero-order valence-electron chi connectivity index (χ0n) is 6.29. The van der Waals surface area contributed by atoms with Crippen molar-refractivity contribution >= 4 is 10.0 Å². The molecule has 1 saturated carbocycles. The molecule has 1 rings (SSSR count).